The summed E-state index contributed by atoms with van der Waals surface area (Å²) >= 11 is 0. The third-order valence-corrected chi connectivity index (χ3v) is 2.54. The predicted molar refractivity (Wildman–Crippen MR) is 63.3 cm³/mol. The zero-order valence-electron chi connectivity index (χ0n) is 10.1. The number of aromatic nitrogens is 1. The Morgan fingerprint density at radius 1 is 1.31 bits per heavy atom. The zero-order valence-corrected chi connectivity index (χ0v) is 10.1. The van der Waals surface area contributed by atoms with Crippen molar-refractivity contribution in [2.75, 3.05) is 27.4 Å². The van der Waals surface area contributed by atoms with Crippen LogP contribution in [-0.4, -0.2) is 38.5 Å². The van der Waals surface area contributed by atoms with Gasteiger partial charge in [-0.3, -0.25) is 4.98 Å². The first-order chi connectivity index (χ1) is 7.77. The summed E-state index contributed by atoms with van der Waals surface area (Å²) in [6, 6.07) is 4.31. The van der Waals surface area contributed by atoms with Crippen LogP contribution in [0.4, 0.5) is 0 Å². The van der Waals surface area contributed by atoms with Crippen molar-refractivity contribution in [2.24, 2.45) is 0 Å². The van der Waals surface area contributed by atoms with Crippen molar-refractivity contribution in [3.8, 4) is 0 Å². The molecule has 0 saturated heterocycles. The number of pyridine rings is 1. The summed E-state index contributed by atoms with van der Waals surface area (Å²) in [5.41, 5.74) is 1.22. The van der Waals surface area contributed by atoms with Gasteiger partial charge >= 0.3 is 0 Å². The lowest BCUT2D eigenvalue weighted by molar-refractivity contribution is 0.0276. The lowest BCUT2D eigenvalue weighted by Gasteiger charge is -2.19. The second-order valence-electron chi connectivity index (χ2n) is 3.72. The molecule has 1 rings (SSSR count). The number of rotatable bonds is 7. The second-order valence-corrected chi connectivity index (χ2v) is 3.72. The van der Waals surface area contributed by atoms with Gasteiger partial charge in [-0.2, -0.15) is 0 Å². The van der Waals surface area contributed by atoms with E-state index in [0.29, 0.717) is 6.61 Å². The van der Waals surface area contributed by atoms with E-state index in [4.69, 9.17) is 9.47 Å². The van der Waals surface area contributed by atoms with E-state index in [1.807, 2.05) is 12.1 Å². The number of ether oxygens (including phenoxy) is 2. The Bertz CT molecular complexity index is 280. The SMILES string of the molecule is COCC(CNC(C)c1ccncc1)OC. The van der Waals surface area contributed by atoms with Gasteiger partial charge in [-0.1, -0.05) is 0 Å². The molecule has 90 valence electrons. The standard InChI is InChI=1S/C12H20N2O2/c1-10(11-4-6-13-7-5-11)14-8-12(16-3)9-15-2/h4-7,10,12,14H,8-9H2,1-3H3. The minimum absolute atomic E-state index is 0.0919. The average Bonchev–Trinajstić information content (AvgIpc) is 2.35. The van der Waals surface area contributed by atoms with E-state index in [2.05, 4.69) is 17.2 Å². The van der Waals surface area contributed by atoms with E-state index < -0.39 is 0 Å². The van der Waals surface area contributed by atoms with E-state index in [0.717, 1.165) is 6.54 Å². The van der Waals surface area contributed by atoms with Gasteiger partial charge in [0.1, 0.15) is 0 Å². The molecule has 0 bridgehead atoms. The molecule has 2 unspecified atom stereocenters. The fraction of sp³-hybridized carbons (Fsp3) is 0.583. The maximum atomic E-state index is 5.28. The Balaban J connectivity index is 2.37. The van der Waals surface area contributed by atoms with Crippen molar-refractivity contribution in [3.05, 3.63) is 30.1 Å². The van der Waals surface area contributed by atoms with E-state index >= 15 is 0 Å². The minimum atomic E-state index is 0.0919. The van der Waals surface area contributed by atoms with Crippen LogP contribution in [0.2, 0.25) is 0 Å². The van der Waals surface area contributed by atoms with Gasteiger partial charge in [0, 0.05) is 39.2 Å². The monoisotopic (exact) mass is 224 g/mol. The lowest BCUT2D eigenvalue weighted by atomic mass is 10.1. The number of hydrogen-bond acceptors (Lipinski definition) is 4. The molecule has 2 atom stereocenters. The van der Waals surface area contributed by atoms with Gasteiger partial charge in [0.25, 0.3) is 0 Å². The Kier molecular flexibility index (Phi) is 6.00. The zero-order chi connectivity index (χ0) is 11.8. The highest BCUT2D eigenvalue weighted by Gasteiger charge is 2.09. The van der Waals surface area contributed by atoms with Crippen molar-refractivity contribution in [3.63, 3.8) is 0 Å². The lowest BCUT2D eigenvalue weighted by Crippen LogP contribution is -2.33. The summed E-state index contributed by atoms with van der Waals surface area (Å²) < 4.78 is 10.3. The first-order valence-corrected chi connectivity index (χ1v) is 5.43. The van der Waals surface area contributed by atoms with Crippen LogP contribution in [0, 0.1) is 0 Å². The molecule has 4 nitrogen and oxygen atoms in total. The largest absolute Gasteiger partial charge is 0.382 e. The van der Waals surface area contributed by atoms with Gasteiger partial charge in [-0.15, -0.1) is 0 Å². The number of hydrogen-bond donors (Lipinski definition) is 1. The number of methoxy groups -OCH3 is 2. The normalized spacial score (nSPS) is 14.7. The van der Waals surface area contributed by atoms with Crippen molar-refractivity contribution >= 4 is 0 Å². The Labute approximate surface area is 97.0 Å². The van der Waals surface area contributed by atoms with Gasteiger partial charge in [0.15, 0.2) is 0 Å². The van der Waals surface area contributed by atoms with Gasteiger partial charge in [0.2, 0.25) is 0 Å². The maximum absolute atomic E-state index is 5.28. The Hall–Kier alpha value is -0.970. The molecule has 0 fully saturated rings. The molecule has 0 aliphatic rings. The molecule has 0 saturated carbocycles. The number of nitrogens with zero attached hydrogens (tertiary/aromatic N) is 1. The highest BCUT2D eigenvalue weighted by atomic mass is 16.5. The first kappa shape index (κ1) is 13.1. The van der Waals surface area contributed by atoms with E-state index in [9.17, 15) is 0 Å². The fourth-order valence-electron chi connectivity index (χ4n) is 1.47. The molecule has 16 heavy (non-hydrogen) atoms. The third-order valence-electron chi connectivity index (χ3n) is 2.54. The average molecular weight is 224 g/mol. The van der Waals surface area contributed by atoms with E-state index in [1.54, 1.807) is 26.6 Å². The quantitative estimate of drug-likeness (QED) is 0.760. The highest BCUT2D eigenvalue weighted by molar-refractivity contribution is 5.13. The molecule has 1 aromatic heterocycles. The molecule has 4 heteroatoms. The predicted octanol–water partition coefficient (Wildman–Crippen LogP) is 1.39. The van der Waals surface area contributed by atoms with Gasteiger partial charge in [-0.05, 0) is 24.6 Å². The fourth-order valence-corrected chi connectivity index (χ4v) is 1.47. The summed E-state index contributed by atoms with van der Waals surface area (Å²) in [6.45, 7) is 3.50. The van der Waals surface area contributed by atoms with Crippen molar-refractivity contribution in [1.29, 1.82) is 0 Å². The van der Waals surface area contributed by atoms with Crippen molar-refractivity contribution in [1.82, 2.24) is 10.3 Å². The van der Waals surface area contributed by atoms with Crippen LogP contribution in [0.25, 0.3) is 0 Å². The molecule has 0 aromatic carbocycles. The molecule has 0 aliphatic carbocycles. The maximum Gasteiger partial charge on any atom is 0.0928 e. The van der Waals surface area contributed by atoms with Gasteiger partial charge < -0.3 is 14.8 Å². The third kappa shape index (κ3) is 4.26. The Morgan fingerprint density at radius 2 is 2.00 bits per heavy atom. The molecular weight excluding hydrogens is 204 g/mol. The van der Waals surface area contributed by atoms with Gasteiger partial charge in [-0.25, -0.2) is 0 Å². The van der Waals surface area contributed by atoms with Crippen molar-refractivity contribution in [2.45, 2.75) is 19.1 Å². The van der Waals surface area contributed by atoms with Crippen molar-refractivity contribution < 1.29 is 9.47 Å². The topological polar surface area (TPSA) is 43.4 Å². The summed E-state index contributed by atoms with van der Waals surface area (Å²) in [5, 5.41) is 3.40. The Morgan fingerprint density at radius 3 is 2.56 bits per heavy atom. The summed E-state index contributed by atoms with van der Waals surface area (Å²) in [7, 11) is 3.38. The van der Waals surface area contributed by atoms with Crippen LogP contribution in [-0.2, 0) is 9.47 Å². The molecule has 0 amide bonds. The molecule has 1 heterocycles. The summed E-state index contributed by atoms with van der Waals surface area (Å²) in [6.07, 6.45) is 3.70. The molecule has 0 radical (unpaired) electrons. The van der Waals surface area contributed by atoms with Crippen LogP contribution in [0.15, 0.2) is 24.5 Å². The minimum Gasteiger partial charge on any atom is -0.382 e. The van der Waals surface area contributed by atoms with E-state index in [-0.39, 0.29) is 12.1 Å². The molecule has 0 aliphatic heterocycles. The molecular formula is C12H20N2O2. The first-order valence-electron chi connectivity index (χ1n) is 5.43. The van der Waals surface area contributed by atoms with Crippen LogP contribution in [0.1, 0.15) is 18.5 Å². The molecule has 1 N–H and O–H groups in total. The van der Waals surface area contributed by atoms with Crippen LogP contribution in [0.3, 0.4) is 0 Å². The molecule has 1 aromatic rings. The van der Waals surface area contributed by atoms with E-state index in [1.165, 1.54) is 5.56 Å². The summed E-state index contributed by atoms with van der Waals surface area (Å²) in [4.78, 5) is 4.00. The summed E-state index contributed by atoms with van der Waals surface area (Å²) in [5.74, 6) is 0. The van der Waals surface area contributed by atoms with Crippen LogP contribution in [0.5, 0.6) is 0 Å². The highest BCUT2D eigenvalue weighted by Crippen LogP contribution is 2.09. The van der Waals surface area contributed by atoms with Gasteiger partial charge in [0.05, 0.1) is 12.7 Å². The second kappa shape index (κ2) is 7.33. The number of nitrogens with one attached hydrogen (secondary N) is 1. The smallest absolute Gasteiger partial charge is 0.0928 e. The van der Waals surface area contributed by atoms with Crippen LogP contribution >= 0.6 is 0 Å². The van der Waals surface area contributed by atoms with Crippen LogP contribution < -0.4 is 5.32 Å². The molecule has 0 spiro atoms.